The summed E-state index contributed by atoms with van der Waals surface area (Å²) < 4.78 is 8.69. The van der Waals surface area contributed by atoms with Gasteiger partial charge >= 0.3 is 0 Å². The maximum Gasteiger partial charge on any atom is 0.213 e. The van der Waals surface area contributed by atoms with Crippen LogP contribution in [0.4, 0.5) is 11.4 Å². The molecule has 0 bridgehead atoms. The summed E-state index contributed by atoms with van der Waals surface area (Å²) in [7, 11) is 0. The summed E-state index contributed by atoms with van der Waals surface area (Å²) in [4.78, 5) is 0. The van der Waals surface area contributed by atoms with Crippen LogP contribution < -0.4 is 5.32 Å². The molecule has 0 saturated carbocycles. The number of rotatable bonds is 4. The Morgan fingerprint density at radius 1 is 0.548 bits per heavy atom. The van der Waals surface area contributed by atoms with E-state index in [1.165, 1.54) is 38.8 Å². The Morgan fingerprint density at radius 3 is 2.19 bits per heavy atom. The first-order chi connectivity index (χ1) is 20.8. The zero-order chi connectivity index (χ0) is 27.6. The molecule has 1 aliphatic carbocycles. The molecule has 6 aromatic carbocycles. The van der Waals surface area contributed by atoms with Crippen LogP contribution in [0.3, 0.4) is 0 Å². The molecule has 0 radical (unpaired) electrons. The average Bonchev–Trinajstić information content (AvgIpc) is 3.69. The second kappa shape index (κ2) is 8.98. The van der Waals surface area contributed by atoms with E-state index in [1.54, 1.807) is 0 Å². The predicted octanol–water partition coefficient (Wildman–Crippen LogP) is 10.5. The lowest BCUT2D eigenvalue weighted by Crippen LogP contribution is -1.93. The van der Waals surface area contributed by atoms with Crippen molar-refractivity contribution in [2.75, 3.05) is 5.32 Å². The van der Waals surface area contributed by atoms with E-state index in [-0.39, 0.29) is 0 Å². The monoisotopic (exact) mass is 538 g/mol. The van der Waals surface area contributed by atoms with E-state index >= 15 is 0 Å². The Labute approximate surface area is 243 Å². The molecule has 0 saturated heterocycles. The van der Waals surface area contributed by atoms with Crippen LogP contribution >= 0.6 is 0 Å². The highest BCUT2D eigenvalue weighted by Crippen LogP contribution is 2.41. The quantitative estimate of drug-likeness (QED) is 0.242. The summed E-state index contributed by atoms with van der Waals surface area (Å²) in [6, 6.07) is 49.6. The topological polar surface area (TPSA) is 30.1 Å². The van der Waals surface area contributed by atoms with Crippen LogP contribution in [0.15, 0.2) is 144 Å². The molecule has 1 aliphatic rings. The molecule has 2 heterocycles. The van der Waals surface area contributed by atoms with Crippen LogP contribution in [0, 0.1) is 0 Å². The van der Waals surface area contributed by atoms with Gasteiger partial charge in [-0.15, -0.1) is 0 Å². The van der Waals surface area contributed by atoms with Crippen molar-refractivity contribution < 1.29 is 4.42 Å². The minimum atomic E-state index is 0.881. The number of hydrogen-bond acceptors (Lipinski definition) is 2. The highest BCUT2D eigenvalue weighted by atomic mass is 16.3. The van der Waals surface area contributed by atoms with Crippen LogP contribution in [0.1, 0.15) is 11.1 Å². The number of anilines is 2. The first kappa shape index (κ1) is 23.2. The lowest BCUT2D eigenvalue weighted by molar-refractivity contribution is 0.645. The van der Waals surface area contributed by atoms with Gasteiger partial charge in [-0.3, -0.25) is 4.57 Å². The third kappa shape index (κ3) is 3.54. The van der Waals surface area contributed by atoms with Crippen LogP contribution in [0.2, 0.25) is 0 Å². The van der Waals surface area contributed by atoms with Gasteiger partial charge in [-0.25, -0.2) is 0 Å². The largest absolute Gasteiger partial charge is 0.439 e. The molecule has 3 nitrogen and oxygen atoms in total. The summed E-state index contributed by atoms with van der Waals surface area (Å²) >= 11 is 0. The highest BCUT2D eigenvalue weighted by molar-refractivity contribution is 6.20. The Hall–Kier alpha value is -5.54. The van der Waals surface area contributed by atoms with Crippen molar-refractivity contribution in [1.82, 2.24) is 4.57 Å². The summed E-state index contributed by atoms with van der Waals surface area (Å²) in [6.07, 6.45) is 0.993. The summed E-state index contributed by atoms with van der Waals surface area (Å²) in [5.41, 5.74) is 14.1. The van der Waals surface area contributed by atoms with Crippen LogP contribution in [-0.2, 0) is 6.42 Å². The number of benzene rings is 6. The molecule has 1 N–H and O–H groups in total. The van der Waals surface area contributed by atoms with Gasteiger partial charge in [0.1, 0.15) is 5.58 Å². The molecule has 42 heavy (non-hydrogen) atoms. The van der Waals surface area contributed by atoms with E-state index in [4.69, 9.17) is 4.42 Å². The second-order valence-electron chi connectivity index (χ2n) is 11.1. The molecular weight excluding hydrogens is 512 g/mol. The fourth-order valence-electron chi connectivity index (χ4n) is 6.64. The van der Waals surface area contributed by atoms with Crippen molar-refractivity contribution in [2.24, 2.45) is 0 Å². The van der Waals surface area contributed by atoms with Gasteiger partial charge in [0.15, 0.2) is 0 Å². The third-order valence-electron chi connectivity index (χ3n) is 8.60. The Morgan fingerprint density at radius 2 is 1.29 bits per heavy atom. The smallest absolute Gasteiger partial charge is 0.213 e. The first-order valence-corrected chi connectivity index (χ1v) is 14.4. The molecule has 8 aromatic rings. The van der Waals surface area contributed by atoms with E-state index in [0.717, 1.165) is 51.1 Å². The van der Waals surface area contributed by atoms with Gasteiger partial charge in [-0.05, 0) is 88.3 Å². The third-order valence-corrected chi connectivity index (χ3v) is 8.60. The van der Waals surface area contributed by atoms with E-state index in [1.807, 2.05) is 18.2 Å². The molecule has 0 unspecified atom stereocenters. The zero-order valence-corrected chi connectivity index (χ0v) is 22.8. The van der Waals surface area contributed by atoms with Gasteiger partial charge in [0, 0.05) is 27.8 Å². The van der Waals surface area contributed by atoms with Gasteiger partial charge in [-0.1, -0.05) is 91.0 Å². The molecule has 0 aliphatic heterocycles. The SMILES string of the molecule is c1ccc(-n2c3cc(-c4ccc(Nc5ccc6c(c5)Cc5ccccc5-6)cc4)ccc3c3c4ccccc4oc32)cc1. The Bertz CT molecular complexity index is 2290. The lowest BCUT2D eigenvalue weighted by atomic mass is 10.0. The van der Waals surface area contributed by atoms with E-state index in [2.05, 4.69) is 131 Å². The number of fused-ring (bicyclic) bond motifs is 8. The zero-order valence-electron chi connectivity index (χ0n) is 22.8. The fraction of sp³-hybridized carbons (Fsp3) is 0.0256. The molecule has 0 amide bonds. The van der Waals surface area contributed by atoms with Gasteiger partial charge in [0.2, 0.25) is 5.71 Å². The summed E-state index contributed by atoms with van der Waals surface area (Å²) in [6.45, 7) is 0. The van der Waals surface area contributed by atoms with Crippen molar-refractivity contribution in [2.45, 2.75) is 6.42 Å². The normalized spacial score (nSPS) is 12.2. The molecular formula is C39H26N2O. The van der Waals surface area contributed by atoms with Gasteiger partial charge in [0.05, 0.1) is 10.9 Å². The van der Waals surface area contributed by atoms with E-state index in [0.29, 0.717) is 0 Å². The van der Waals surface area contributed by atoms with Crippen LogP contribution in [-0.4, -0.2) is 4.57 Å². The van der Waals surface area contributed by atoms with Gasteiger partial charge in [0.25, 0.3) is 0 Å². The van der Waals surface area contributed by atoms with Gasteiger partial charge < -0.3 is 9.73 Å². The number of para-hydroxylation sites is 2. The molecule has 3 heteroatoms. The van der Waals surface area contributed by atoms with Crippen LogP contribution in [0.25, 0.3) is 60.9 Å². The van der Waals surface area contributed by atoms with Crippen molar-refractivity contribution in [3.05, 3.63) is 151 Å². The molecule has 0 spiro atoms. The van der Waals surface area contributed by atoms with Gasteiger partial charge in [-0.2, -0.15) is 0 Å². The van der Waals surface area contributed by atoms with Crippen molar-refractivity contribution in [1.29, 1.82) is 0 Å². The minimum absolute atomic E-state index is 0.881. The average molecular weight is 539 g/mol. The molecule has 0 atom stereocenters. The maximum atomic E-state index is 6.44. The number of aromatic nitrogens is 1. The highest BCUT2D eigenvalue weighted by Gasteiger charge is 2.20. The molecule has 9 rings (SSSR count). The van der Waals surface area contributed by atoms with Crippen molar-refractivity contribution in [3.63, 3.8) is 0 Å². The van der Waals surface area contributed by atoms with Crippen LogP contribution in [0.5, 0.6) is 0 Å². The fourth-order valence-corrected chi connectivity index (χ4v) is 6.64. The second-order valence-corrected chi connectivity index (χ2v) is 11.1. The minimum Gasteiger partial charge on any atom is -0.439 e. The van der Waals surface area contributed by atoms with E-state index < -0.39 is 0 Å². The Kier molecular flexibility index (Phi) is 4.96. The maximum absolute atomic E-state index is 6.44. The molecule has 198 valence electrons. The lowest BCUT2D eigenvalue weighted by Gasteiger charge is -2.11. The standard InChI is InChI=1S/C39H26N2O/c1-2-9-31(10-3-1)41-36-24-26(16-20-34(36)38-35-12-6-7-13-37(35)42-39(38)41)25-14-17-29(18-15-25)40-30-19-21-33-28(23-30)22-27-8-4-5-11-32(27)33/h1-21,23-24,40H,22H2. The van der Waals surface area contributed by atoms with Crippen molar-refractivity contribution in [3.8, 4) is 27.9 Å². The Balaban J connectivity index is 1.08. The first-order valence-electron chi connectivity index (χ1n) is 14.4. The molecule has 0 fully saturated rings. The number of furan rings is 1. The summed E-state index contributed by atoms with van der Waals surface area (Å²) in [5.74, 6) is 0. The molecule has 2 aromatic heterocycles. The number of hydrogen-bond donors (Lipinski definition) is 1. The van der Waals surface area contributed by atoms with E-state index in [9.17, 15) is 0 Å². The number of nitrogens with zero attached hydrogens (tertiary/aromatic N) is 1. The predicted molar refractivity (Wildman–Crippen MR) is 174 cm³/mol. The number of nitrogens with one attached hydrogen (secondary N) is 1. The summed E-state index contributed by atoms with van der Waals surface area (Å²) in [5, 5.41) is 7.11. The van der Waals surface area contributed by atoms with Crippen molar-refractivity contribution >= 4 is 44.3 Å².